The molecule has 4 aromatic carbocycles. The molecule has 46 heavy (non-hydrogen) atoms. The van der Waals surface area contributed by atoms with Crippen molar-refractivity contribution in [2.75, 3.05) is 68.3 Å². The number of methoxy groups -OCH3 is 2. The van der Waals surface area contributed by atoms with Gasteiger partial charge in [-0.15, -0.1) is 0 Å². The zero-order chi connectivity index (χ0) is 32.2. The van der Waals surface area contributed by atoms with Crippen molar-refractivity contribution in [3.63, 3.8) is 0 Å². The molecule has 2 heterocycles. The fraction of sp³-hybridized carbons (Fsp3) is 0.194. The number of carbonyl (C=O) groups is 3. The summed E-state index contributed by atoms with van der Waals surface area (Å²) in [6, 6.07) is 25.0. The number of hydrogen-bond donors (Lipinski definition) is 3. The predicted molar refractivity (Wildman–Crippen MR) is 180 cm³/mol. The van der Waals surface area contributed by atoms with Crippen LogP contribution in [0.1, 0.15) is 31.8 Å². The number of rotatable bonds is 9. The van der Waals surface area contributed by atoms with Gasteiger partial charge in [0.1, 0.15) is 11.5 Å². The fourth-order valence-electron chi connectivity index (χ4n) is 5.56. The number of amides is 2. The van der Waals surface area contributed by atoms with Gasteiger partial charge in [-0.2, -0.15) is 0 Å². The highest BCUT2D eigenvalue weighted by molar-refractivity contribution is 6.32. The van der Waals surface area contributed by atoms with Crippen LogP contribution in [-0.2, 0) is 4.79 Å². The Kier molecular flexibility index (Phi) is 8.71. The number of ketones is 1. The quantitative estimate of drug-likeness (QED) is 0.170. The molecule has 0 spiro atoms. The Hall–Kier alpha value is -5.61. The van der Waals surface area contributed by atoms with E-state index in [4.69, 9.17) is 9.47 Å². The molecule has 10 nitrogen and oxygen atoms in total. The van der Waals surface area contributed by atoms with E-state index in [9.17, 15) is 14.4 Å². The van der Waals surface area contributed by atoms with Crippen LogP contribution in [0, 0.1) is 0 Å². The van der Waals surface area contributed by atoms with Gasteiger partial charge in [-0.1, -0.05) is 24.3 Å². The number of ether oxygens (including phenoxy) is 2. The van der Waals surface area contributed by atoms with E-state index in [1.807, 2.05) is 12.1 Å². The van der Waals surface area contributed by atoms with Crippen LogP contribution >= 0.6 is 0 Å². The molecule has 0 bridgehead atoms. The van der Waals surface area contributed by atoms with Gasteiger partial charge in [0.15, 0.2) is 5.78 Å². The lowest BCUT2D eigenvalue weighted by molar-refractivity contribution is -0.110. The van der Waals surface area contributed by atoms with Crippen LogP contribution in [-0.4, -0.2) is 69.9 Å². The lowest BCUT2D eigenvalue weighted by atomic mass is 9.99. The average molecular weight is 618 g/mol. The van der Waals surface area contributed by atoms with Gasteiger partial charge in [-0.05, 0) is 67.7 Å². The van der Waals surface area contributed by atoms with Gasteiger partial charge < -0.3 is 35.2 Å². The van der Waals surface area contributed by atoms with Crippen LogP contribution in [0.2, 0.25) is 0 Å². The summed E-state index contributed by atoms with van der Waals surface area (Å²) in [5, 5.41) is 8.94. The van der Waals surface area contributed by atoms with Crippen LogP contribution in [0.15, 0.2) is 91.1 Å². The average Bonchev–Trinajstić information content (AvgIpc) is 3.41. The second-order valence-electron chi connectivity index (χ2n) is 11.2. The topological polar surface area (TPSA) is 112 Å². The van der Waals surface area contributed by atoms with Crippen LogP contribution in [0.5, 0.6) is 11.5 Å². The van der Waals surface area contributed by atoms with Gasteiger partial charge >= 0.3 is 0 Å². The molecule has 6 rings (SSSR count). The van der Waals surface area contributed by atoms with Crippen molar-refractivity contribution in [3.8, 4) is 11.5 Å². The minimum atomic E-state index is -0.403. The normalized spacial score (nSPS) is 15.2. The molecule has 0 radical (unpaired) electrons. The van der Waals surface area contributed by atoms with Crippen LogP contribution < -0.4 is 30.3 Å². The third-order valence-electron chi connectivity index (χ3n) is 8.22. The van der Waals surface area contributed by atoms with Crippen molar-refractivity contribution in [3.05, 3.63) is 113 Å². The van der Waals surface area contributed by atoms with Crippen molar-refractivity contribution < 1.29 is 23.9 Å². The summed E-state index contributed by atoms with van der Waals surface area (Å²) in [5.74, 6) is 0.0117. The molecule has 2 amide bonds. The zero-order valence-electron chi connectivity index (χ0n) is 25.9. The number of piperazine rings is 1. The number of fused-ring (bicyclic) bond motifs is 1. The smallest absolute Gasteiger partial charge is 0.259 e. The van der Waals surface area contributed by atoms with Gasteiger partial charge in [-0.3, -0.25) is 14.4 Å². The minimum absolute atomic E-state index is 0.247. The van der Waals surface area contributed by atoms with Gasteiger partial charge in [0.05, 0.1) is 25.4 Å². The molecule has 3 N–H and O–H groups in total. The molecule has 0 atom stereocenters. The number of nitrogens with zero attached hydrogens (tertiary/aromatic N) is 2. The summed E-state index contributed by atoms with van der Waals surface area (Å²) >= 11 is 0. The van der Waals surface area contributed by atoms with Crippen LogP contribution in [0.25, 0.3) is 5.57 Å². The first-order valence-electron chi connectivity index (χ1n) is 15.0. The second-order valence-corrected chi connectivity index (χ2v) is 11.2. The lowest BCUT2D eigenvalue weighted by Gasteiger charge is -2.34. The Morgan fingerprint density at radius 3 is 2.33 bits per heavy atom. The minimum Gasteiger partial charge on any atom is -0.497 e. The molecule has 1 saturated heterocycles. The second kappa shape index (κ2) is 13.2. The van der Waals surface area contributed by atoms with Crippen molar-refractivity contribution in [1.29, 1.82) is 0 Å². The fourth-order valence-corrected chi connectivity index (χ4v) is 5.56. The standard InChI is InChI=1S/C36H35N5O5/c1-40-15-17-41(18-16-40)27-10-8-25(9-11-27)37-22-31-29-13-7-24(20-32(29)39-36(31)44)34(42)23-5-4-6-26(19-23)38-35(43)30-21-28(45-2)12-14-33(30)46-3/h4-14,19-22,37H,15-18H2,1-3H3,(H,38,43)(H,39,44). The highest BCUT2D eigenvalue weighted by Crippen LogP contribution is 2.33. The largest absolute Gasteiger partial charge is 0.497 e. The van der Waals surface area contributed by atoms with Crippen LogP contribution in [0.4, 0.5) is 22.7 Å². The van der Waals surface area contributed by atoms with Gasteiger partial charge in [-0.25, -0.2) is 0 Å². The molecule has 1 fully saturated rings. The molecule has 2 aliphatic heterocycles. The van der Waals surface area contributed by atoms with E-state index in [0.29, 0.717) is 50.7 Å². The molecule has 0 unspecified atom stereocenters. The number of benzene rings is 4. The monoisotopic (exact) mass is 617 g/mol. The van der Waals surface area contributed by atoms with Crippen molar-refractivity contribution in [2.45, 2.75) is 0 Å². The maximum absolute atomic E-state index is 13.5. The Balaban J connectivity index is 1.14. The van der Waals surface area contributed by atoms with Gasteiger partial charge in [0, 0.05) is 71.8 Å². The summed E-state index contributed by atoms with van der Waals surface area (Å²) < 4.78 is 10.6. The van der Waals surface area contributed by atoms with E-state index >= 15 is 0 Å². The number of hydrogen-bond acceptors (Lipinski definition) is 8. The maximum atomic E-state index is 13.5. The molecule has 4 aromatic rings. The lowest BCUT2D eigenvalue weighted by Crippen LogP contribution is -2.44. The highest BCUT2D eigenvalue weighted by atomic mass is 16.5. The number of carbonyl (C=O) groups excluding carboxylic acids is 3. The van der Waals surface area contributed by atoms with Crippen molar-refractivity contribution >= 4 is 45.9 Å². The predicted octanol–water partition coefficient (Wildman–Crippen LogP) is 5.34. The van der Waals surface area contributed by atoms with Crippen molar-refractivity contribution in [2.24, 2.45) is 0 Å². The van der Waals surface area contributed by atoms with E-state index in [0.717, 1.165) is 31.9 Å². The molecular formula is C36H35N5O5. The van der Waals surface area contributed by atoms with Gasteiger partial charge in [0.25, 0.3) is 11.8 Å². The van der Waals surface area contributed by atoms with Gasteiger partial charge in [0.2, 0.25) is 0 Å². The van der Waals surface area contributed by atoms with Crippen molar-refractivity contribution in [1.82, 2.24) is 4.90 Å². The first-order chi connectivity index (χ1) is 22.3. The molecule has 0 aliphatic carbocycles. The van der Waals surface area contributed by atoms with E-state index in [-0.39, 0.29) is 11.7 Å². The third-order valence-corrected chi connectivity index (χ3v) is 8.22. The molecule has 234 valence electrons. The first kappa shape index (κ1) is 30.4. The summed E-state index contributed by atoms with van der Waals surface area (Å²) in [7, 11) is 5.14. The Bertz CT molecular complexity index is 1830. The first-order valence-corrected chi connectivity index (χ1v) is 15.0. The zero-order valence-corrected chi connectivity index (χ0v) is 25.9. The maximum Gasteiger partial charge on any atom is 0.259 e. The molecule has 0 saturated carbocycles. The third kappa shape index (κ3) is 6.43. The Labute approximate surface area is 267 Å². The number of anilines is 4. The van der Waals surface area contributed by atoms with E-state index in [2.05, 4.69) is 44.9 Å². The highest BCUT2D eigenvalue weighted by Gasteiger charge is 2.26. The summed E-state index contributed by atoms with van der Waals surface area (Å²) in [4.78, 5) is 44.1. The molecule has 0 aromatic heterocycles. The van der Waals surface area contributed by atoms with E-state index in [1.165, 1.54) is 19.9 Å². The Morgan fingerprint density at radius 1 is 0.826 bits per heavy atom. The van der Waals surface area contributed by atoms with E-state index in [1.54, 1.807) is 66.9 Å². The number of nitrogens with one attached hydrogen (secondary N) is 3. The van der Waals surface area contributed by atoms with E-state index < -0.39 is 5.91 Å². The van der Waals surface area contributed by atoms with Crippen LogP contribution in [0.3, 0.4) is 0 Å². The molecular weight excluding hydrogens is 582 g/mol. The Morgan fingerprint density at radius 2 is 1.59 bits per heavy atom. The molecule has 10 heteroatoms. The summed E-state index contributed by atoms with van der Waals surface area (Å²) in [5.41, 5.74) is 5.34. The molecule has 2 aliphatic rings. The SMILES string of the molecule is COc1ccc(OC)c(C(=O)Nc2cccc(C(=O)c3ccc4c(c3)NC(=O)C4=CNc3ccc(N4CCN(C)CC4)cc3)c2)c1. The summed E-state index contributed by atoms with van der Waals surface area (Å²) in [6.07, 6.45) is 1.69. The number of likely N-dealkylation sites (N-methyl/N-ethyl adjacent to an activating group) is 1. The summed E-state index contributed by atoms with van der Waals surface area (Å²) in [6.45, 7) is 4.08.